The summed E-state index contributed by atoms with van der Waals surface area (Å²) in [5, 5.41) is 2.64. The normalized spacial score (nSPS) is 11.9. The van der Waals surface area contributed by atoms with Crippen molar-refractivity contribution in [1.29, 1.82) is 0 Å². The molecule has 0 spiro atoms. The Labute approximate surface area is 147 Å². The van der Waals surface area contributed by atoms with Gasteiger partial charge in [0.2, 0.25) is 11.8 Å². The second-order valence-electron chi connectivity index (χ2n) is 6.02. The lowest BCUT2D eigenvalue weighted by Gasteiger charge is -2.29. The van der Waals surface area contributed by atoms with E-state index in [0.29, 0.717) is 5.69 Å². The number of hydrogen-bond donors (Lipinski definition) is 1. The number of benzene rings is 2. The predicted octanol–water partition coefficient (Wildman–Crippen LogP) is 2.53. The van der Waals surface area contributed by atoms with E-state index >= 15 is 0 Å². The summed E-state index contributed by atoms with van der Waals surface area (Å²) in [6.45, 7) is -0.00431. The highest BCUT2D eigenvalue weighted by Gasteiger charge is 2.27. The molecule has 0 aliphatic rings. The Kier molecular flexibility index (Phi) is 6.25. The fourth-order valence-electron chi connectivity index (χ4n) is 2.55. The number of carbonyl (C=O) groups is 2. The van der Waals surface area contributed by atoms with Gasteiger partial charge >= 0.3 is 0 Å². The van der Waals surface area contributed by atoms with Gasteiger partial charge in [0.05, 0.1) is 6.54 Å². The van der Waals surface area contributed by atoms with Crippen molar-refractivity contribution in [2.24, 2.45) is 0 Å². The molecule has 2 aromatic rings. The molecule has 25 heavy (non-hydrogen) atoms. The summed E-state index contributed by atoms with van der Waals surface area (Å²) < 4.78 is 13.2. The standard InChI is InChI=1S/C19H22FN3O2/c1-22(2)19(25)18(14-8-5-4-6-9-14)23(3)13-17(24)21-16-11-7-10-15(20)12-16/h4-12,18H,13H2,1-3H3,(H,21,24)/t18-/m1/s1. The van der Waals surface area contributed by atoms with Crippen molar-refractivity contribution in [3.8, 4) is 0 Å². The van der Waals surface area contributed by atoms with Gasteiger partial charge in [-0.15, -0.1) is 0 Å². The molecule has 2 rings (SSSR count). The quantitative estimate of drug-likeness (QED) is 0.877. The highest BCUT2D eigenvalue weighted by atomic mass is 19.1. The van der Waals surface area contributed by atoms with Crippen LogP contribution < -0.4 is 5.32 Å². The van der Waals surface area contributed by atoms with Crippen molar-refractivity contribution in [1.82, 2.24) is 9.80 Å². The van der Waals surface area contributed by atoms with Gasteiger partial charge in [-0.3, -0.25) is 14.5 Å². The van der Waals surface area contributed by atoms with Gasteiger partial charge in [-0.2, -0.15) is 0 Å². The molecule has 0 saturated heterocycles. The third-order valence-corrected chi connectivity index (χ3v) is 3.73. The molecular formula is C19H22FN3O2. The Hall–Kier alpha value is -2.73. The van der Waals surface area contributed by atoms with Gasteiger partial charge in [0.15, 0.2) is 0 Å². The smallest absolute Gasteiger partial charge is 0.244 e. The minimum Gasteiger partial charge on any atom is -0.347 e. The van der Waals surface area contributed by atoms with E-state index in [4.69, 9.17) is 0 Å². The van der Waals surface area contributed by atoms with Gasteiger partial charge in [0.1, 0.15) is 11.9 Å². The van der Waals surface area contributed by atoms with E-state index in [-0.39, 0.29) is 18.4 Å². The van der Waals surface area contributed by atoms with Crippen LogP contribution in [0.5, 0.6) is 0 Å². The summed E-state index contributed by atoms with van der Waals surface area (Å²) in [6.07, 6.45) is 0. The van der Waals surface area contributed by atoms with Crippen LogP contribution in [0, 0.1) is 5.82 Å². The third kappa shape index (κ3) is 5.12. The lowest BCUT2D eigenvalue weighted by atomic mass is 10.0. The Balaban J connectivity index is 2.12. The molecule has 0 aromatic heterocycles. The lowest BCUT2D eigenvalue weighted by molar-refractivity contribution is -0.134. The van der Waals surface area contributed by atoms with Gasteiger partial charge in [0.25, 0.3) is 0 Å². The molecule has 6 heteroatoms. The maximum atomic E-state index is 13.2. The Morgan fingerprint density at radius 2 is 1.72 bits per heavy atom. The van der Waals surface area contributed by atoms with Gasteiger partial charge < -0.3 is 10.2 Å². The molecule has 0 radical (unpaired) electrons. The van der Waals surface area contributed by atoms with Crippen molar-refractivity contribution < 1.29 is 14.0 Å². The van der Waals surface area contributed by atoms with E-state index < -0.39 is 11.9 Å². The number of carbonyl (C=O) groups excluding carboxylic acids is 2. The van der Waals surface area contributed by atoms with Crippen LogP contribution in [0.3, 0.4) is 0 Å². The predicted molar refractivity (Wildman–Crippen MR) is 95.5 cm³/mol. The number of nitrogens with zero attached hydrogens (tertiary/aromatic N) is 2. The molecule has 1 N–H and O–H groups in total. The molecule has 0 heterocycles. The second-order valence-corrected chi connectivity index (χ2v) is 6.02. The fraction of sp³-hybridized carbons (Fsp3) is 0.263. The summed E-state index contributed by atoms with van der Waals surface area (Å²) >= 11 is 0. The molecule has 5 nitrogen and oxygen atoms in total. The molecule has 0 aliphatic heterocycles. The second kappa shape index (κ2) is 8.39. The Bertz CT molecular complexity index is 734. The van der Waals surface area contributed by atoms with Crippen molar-refractivity contribution in [2.75, 3.05) is 33.0 Å². The molecule has 0 unspecified atom stereocenters. The van der Waals surface area contributed by atoms with Crippen LogP contribution in [0.15, 0.2) is 54.6 Å². The molecule has 1 atom stereocenters. The topological polar surface area (TPSA) is 52.7 Å². The number of rotatable bonds is 6. The van der Waals surface area contributed by atoms with Gasteiger partial charge in [-0.05, 0) is 30.8 Å². The molecule has 0 aliphatic carbocycles. The summed E-state index contributed by atoms with van der Waals surface area (Å²) in [7, 11) is 5.07. The summed E-state index contributed by atoms with van der Waals surface area (Å²) in [5.41, 5.74) is 1.19. The summed E-state index contributed by atoms with van der Waals surface area (Å²) in [5.74, 6) is -0.857. The molecule has 0 bridgehead atoms. The zero-order chi connectivity index (χ0) is 18.4. The number of anilines is 1. The van der Waals surface area contributed by atoms with Crippen LogP contribution in [0.2, 0.25) is 0 Å². The van der Waals surface area contributed by atoms with Crippen molar-refractivity contribution >= 4 is 17.5 Å². The molecule has 2 amide bonds. The fourth-order valence-corrected chi connectivity index (χ4v) is 2.55. The van der Waals surface area contributed by atoms with E-state index in [9.17, 15) is 14.0 Å². The molecule has 0 saturated carbocycles. The van der Waals surface area contributed by atoms with Crippen LogP contribution in [0.1, 0.15) is 11.6 Å². The summed E-state index contributed by atoms with van der Waals surface area (Å²) in [4.78, 5) is 28.0. The monoisotopic (exact) mass is 343 g/mol. The van der Waals surface area contributed by atoms with Gasteiger partial charge in [0, 0.05) is 19.8 Å². The van der Waals surface area contributed by atoms with Crippen LogP contribution >= 0.6 is 0 Å². The van der Waals surface area contributed by atoms with Crippen molar-refractivity contribution in [3.05, 3.63) is 66.0 Å². The zero-order valence-electron chi connectivity index (χ0n) is 14.6. The van der Waals surface area contributed by atoms with E-state index in [1.807, 2.05) is 30.3 Å². The van der Waals surface area contributed by atoms with E-state index in [1.54, 1.807) is 32.1 Å². The molecule has 0 fully saturated rings. The van der Waals surface area contributed by atoms with E-state index in [1.165, 1.54) is 23.1 Å². The first-order chi connectivity index (χ1) is 11.9. The first kappa shape index (κ1) is 18.6. The van der Waals surface area contributed by atoms with Crippen LogP contribution in [-0.2, 0) is 9.59 Å². The molecule has 2 aromatic carbocycles. The van der Waals surface area contributed by atoms with E-state index in [0.717, 1.165) is 5.56 Å². The lowest BCUT2D eigenvalue weighted by Crippen LogP contribution is -2.41. The average Bonchev–Trinajstić information content (AvgIpc) is 2.55. The van der Waals surface area contributed by atoms with E-state index in [2.05, 4.69) is 5.32 Å². The largest absolute Gasteiger partial charge is 0.347 e. The van der Waals surface area contributed by atoms with Crippen molar-refractivity contribution in [3.63, 3.8) is 0 Å². The maximum absolute atomic E-state index is 13.2. The third-order valence-electron chi connectivity index (χ3n) is 3.73. The van der Waals surface area contributed by atoms with Crippen molar-refractivity contribution in [2.45, 2.75) is 6.04 Å². The molecule has 132 valence electrons. The SMILES string of the molecule is CN(C)C(=O)[C@@H](c1ccccc1)N(C)CC(=O)Nc1cccc(F)c1. The minimum atomic E-state index is -0.575. The average molecular weight is 343 g/mol. The first-order valence-electron chi connectivity index (χ1n) is 7.90. The number of halogens is 1. The van der Waals surface area contributed by atoms with Gasteiger partial charge in [-0.25, -0.2) is 4.39 Å². The van der Waals surface area contributed by atoms with Crippen LogP contribution in [-0.4, -0.2) is 49.3 Å². The minimum absolute atomic E-state index is 0.00431. The van der Waals surface area contributed by atoms with Crippen LogP contribution in [0.4, 0.5) is 10.1 Å². The van der Waals surface area contributed by atoms with Crippen LogP contribution in [0.25, 0.3) is 0 Å². The Morgan fingerprint density at radius 3 is 2.32 bits per heavy atom. The highest BCUT2D eigenvalue weighted by molar-refractivity contribution is 5.93. The zero-order valence-corrected chi connectivity index (χ0v) is 14.6. The number of amides is 2. The summed E-state index contributed by atoms with van der Waals surface area (Å²) in [6, 6.07) is 14.4. The maximum Gasteiger partial charge on any atom is 0.244 e. The number of likely N-dealkylation sites (N-methyl/N-ethyl adjacent to an activating group) is 2. The highest BCUT2D eigenvalue weighted by Crippen LogP contribution is 2.21. The number of hydrogen-bond acceptors (Lipinski definition) is 3. The number of nitrogens with one attached hydrogen (secondary N) is 1. The Morgan fingerprint density at radius 1 is 1.04 bits per heavy atom. The van der Waals surface area contributed by atoms with Gasteiger partial charge in [-0.1, -0.05) is 36.4 Å². The first-order valence-corrected chi connectivity index (χ1v) is 7.90. The molecular weight excluding hydrogens is 321 g/mol.